The number of hydrogen-bond donors (Lipinski definition) is 3. The van der Waals surface area contributed by atoms with Gasteiger partial charge in [-0.15, -0.1) is 0 Å². The molecule has 0 bridgehead atoms. The third-order valence-corrected chi connectivity index (χ3v) is 5.62. The maximum atomic E-state index is 13.8. The van der Waals surface area contributed by atoms with E-state index in [1.54, 1.807) is 56.3 Å². The van der Waals surface area contributed by atoms with E-state index in [2.05, 4.69) is 10.6 Å². The molecule has 0 aliphatic heterocycles. The third-order valence-electron chi connectivity index (χ3n) is 5.30. The Morgan fingerprint density at radius 2 is 1.89 bits per heavy atom. The van der Waals surface area contributed by atoms with Crippen molar-refractivity contribution >= 4 is 40.3 Å². The normalized spacial score (nSPS) is 12.3. The molecule has 1 heterocycles. The van der Waals surface area contributed by atoms with Crippen LogP contribution in [0.5, 0.6) is 0 Å². The largest absolute Gasteiger partial charge is 0.465 e. The van der Waals surface area contributed by atoms with E-state index >= 15 is 0 Å². The van der Waals surface area contributed by atoms with Gasteiger partial charge in [-0.05, 0) is 49.6 Å². The van der Waals surface area contributed by atoms with E-state index in [1.807, 2.05) is 20.8 Å². The van der Waals surface area contributed by atoms with Gasteiger partial charge >= 0.3 is 12.1 Å². The summed E-state index contributed by atoms with van der Waals surface area (Å²) < 4.78 is 1.36. The van der Waals surface area contributed by atoms with Crippen molar-refractivity contribution in [3.8, 4) is 5.69 Å². The lowest BCUT2D eigenvalue weighted by molar-refractivity contribution is 0.103. The van der Waals surface area contributed by atoms with Gasteiger partial charge in [0.05, 0.1) is 27.7 Å². The molecule has 0 unspecified atom stereocenters. The molecule has 9 nitrogen and oxygen atoms in total. The van der Waals surface area contributed by atoms with Gasteiger partial charge in [-0.1, -0.05) is 44.5 Å². The maximum Gasteiger partial charge on any atom is 0.407 e. The van der Waals surface area contributed by atoms with Crippen LogP contribution in [0.2, 0.25) is 5.02 Å². The predicted molar refractivity (Wildman–Crippen MR) is 138 cm³/mol. The second-order valence-electron chi connectivity index (χ2n) is 9.43. The zero-order valence-corrected chi connectivity index (χ0v) is 21.2. The molecular weight excluding hydrogens is 470 g/mol. The summed E-state index contributed by atoms with van der Waals surface area (Å²) in [6.45, 7) is 10.0. The van der Waals surface area contributed by atoms with Crippen molar-refractivity contribution in [1.82, 2.24) is 19.8 Å². The molecule has 2 aromatic carbocycles. The number of carbonyl (C=O) groups excluding carboxylic acids is 1. The first-order chi connectivity index (χ1) is 16.4. The third kappa shape index (κ3) is 5.92. The lowest BCUT2D eigenvalue weighted by Gasteiger charge is -2.33. The summed E-state index contributed by atoms with van der Waals surface area (Å²) in [5, 5.41) is 15.8. The van der Waals surface area contributed by atoms with Gasteiger partial charge in [-0.2, -0.15) is 0 Å². The van der Waals surface area contributed by atoms with Crippen molar-refractivity contribution < 1.29 is 14.7 Å². The quantitative estimate of drug-likeness (QED) is 0.427. The van der Waals surface area contributed by atoms with Gasteiger partial charge in [0.1, 0.15) is 5.82 Å². The Balaban J connectivity index is 2.26. The van der Waals surface area contributed by atoms with Crippen molar-refractivity contribution in [2.75, 3.05) is 18.4 Å². The van der Waals surface area contributed by atoms with Crippen LogP contribution in [-0.4, -0.2) is 44.8 Å². The summed E-state index contributed by atoms with van der Waals surface area (Å²) in [7, 11) is 0. The number of carbonyl (C=O) groups is 2. The Kier molecular flexibility index (Phi) is 7.70. The monoisotopic (exact) mass is 499 g/mol. The zero-order chi connectivity index (χ0) is 25.9. The lowest BCUT2D eigenvalue weighted by atomic mass is 9.95. The highest BCUT2D eigenvalue weighted by atomic mass is 35.5. The van der Waals surface area contributed by atoms with Crippen LogP contribution in [0.25, 0.3) is 16.6 Å². The number of rotatable bonds is 6. The summed E-state index contributed by atoms with van der Waals surface area (Å²) in [6, 6.07) is 10.5. The SMILES string of the molecule is CCNC(=O)Nc1cccc(-n2c([C@H](C)N(CC(C)(C)C)C(=O)O)nc3cccc(Cl)c3c2=O)c1. The van der Waals surface area contributed by atoms with E-state index in [1.165, 1.54) is 9.47 Å². The number of fused-ring (bicyclic) bond motifs is 1. The number of anilines is 1. The van der Waals surface area contributed by atoms with E-state index in [9.17, 15) is 19.5 Å². The molecule has 0 radical (unpaired) electrons. The number of amides is 3. The van der Waals surface area contributed by atoms with Gasteiger partial charge in [0, 0.05) is 18.8 Å². The minimum absolute atomic E-state index is 0.227. The molecular formula is C25H30ClN5O4. The molecule has 3 amide bonds. The first kappa shape index (κ1) is 26.0. The van der Waals surface area contributed by atoms with E-state index in [0.29, 0.717) is 23.4 Å². The molecule has 186 valence electrons. The summed E-state index contributed by atoms with van der Waals surface area (Å²) in [4.78, 5) is 44.0. The van der Waals surface area contributed by atoms with Crippen LogP contribution in [0.1, 0.15) is 46.5 Å². The molecule has 0 aliphatic carbocycles. The highest BCUT2D eigenvalue weighted by Gasteiger charge is 2.30. The smallest absolute Gasteiger partial charge is 0.407 e. The Morgan fingerprint density at radius 1 is 1.20 bits per heavy atom. The fraction of sp³-hybridized carbons (Fsp3) is 0.360. The molecule has 1 aromatic heterocycles. The molecule has 0 saturated carbocycles. The summed E-state index contributed by atoms with van der Waals surface area (Å²) in [5.41, 5.74) is 0.496. The number of hydrogen-bond acceptors (Lipinski definition) is 4. The van der Waals surface area contributed by atoms with E-state index < -0.39 is 17.7 Å². The van der Waals surface area contributed by atoms with Crippen LogP contribution in [0.15, 0.2) is 47.3 Å². The first-order valence-electron chi connectivity index (χ1n) is 11.3. The molecule has 1 atom stereocenters. The van der Waals surface area contributed by atoms with Crippen molar-refractivity contribution in [3.63, 3.8) is 0 Å². The molecule has 0 spiro atoms. The maximum absolute atomic E-state index is 13.8. The van der Waals surface area contributed by atoms with E-state index in [4.69, 9.17) is 16.6 Å². The highest BCUT2D eigenvalue weighted by Crippen LogP contribution is 2.28. The van der Waals surface area contributed by atoms with Crippen LogP contribution in [0.3, 0.4) is 0 Å². The average molecular weight is 500 g/mol. The van der Waals surface area contributed by atoms with Gasteiger partial charge in [-0.3, -0.25) is 14.3 Å². The molecule has 10 heteroatoms. The van der Waals surface area contributed by atoms with Gasteiger partial charge in [0.25, 0.3) is 5.56 Å². The standard InChI is InChI=1S/C25H30ClN5O4/c1-6-27-23(33)28-16-9-7-10-17(13-16)31-21(15(2)30(24(34)35)14-25(3,4)5)29-19-12-8-11-18(26)20(19)22(31)32/h7-13,15H,6,14H2,1-5H3,(H,34,35)(H2,27,28,33)/t15-/m0/s1. The second kappa shape index (κ2) is 10.4. The van der Waals surface area contributed by atoms with Crippen molar-refractivity contribution in [3.05, 3.63) is 63.7 Å². The Hall–Kier alpha value is -3.59. The fourth-order valence-electron chi connectivity index (χ4n) is 3.82. The summed E-state index contributed by atoms with van der Waals surface area (Å²) >= 11 is 6.37. The van der Waals surface area contributed by atoms with E-state index in [-0.39, 0.29) is 34.2 Å². The highest BCUT2D eigenvalue weighted by molar-refractivity contribution is 6.35. The Bertz CT molecular complexity index is 1320. The summed E-state index contributed by atoms with van der Waals surface area (Å²) in [6.07, 6.45) is -1.12. The van der Waals surface area contributed by atoms with Crippen molar-refractivity contribution in [1.29, 1.82) is 0 Å². The van der Waals surface area contributed by atoms with Crippen LogP contribution >= 0.6 is 11.6 Å². The lowest BCUT2D eigenvalue weighted by Crippen LogP contribution is -2.41. The Morgan fingerprint density at radius 3 is 2.51 bits per heavy atom. The second-order valence-corrected chi connectivity index (χ2v) is 9.83. The van der Waals surface area contributed by atoms with Gasteiger partial charge in [0.2, 0.25) is 0 Å². The van der Waals surface area contributed by atoms with Crippen molar-refractivity contribution in [2.45, 2.75) is 40.7 Å². The molecule has 0 saturated heterocycles. The number of aromatic nitrogens is 2. The van der Waals surface area contributed by atoms with Crippen LogP contribution < -0.4 is 16.2 Å². The van der Waals surface area contributed by atoms with Crippen LogP contribution in [0, 0.1) is 5.41 Å². The van der Waals surface area contributed by atoms with Gasteiger partial charge in [0.15, 0.2) is 0 Å². The molecule has 3 aromatic rings. The Labute approximate surface area is 208 Å². The van der Waals surface area contributed by atoms with Crippen LogP contribution in [0.4, 0.5) is 15.3 Å². The fourth-order valence-corrected chi connectivity index (χ4v) is 4.07. The minimum Gasteiger partial charge on any atom is -0.465 e. The van der Waals surface area contributed by atoms with Gasteiger partial charge < -0.3 is 15.7 Å². The summed E-state index contributed by atoms with van der Waals surface area (Å²) in [5.74, 6) is 0.242. The molecule has 0 aliphatic rings. The molecule has 35 heavy (non-hydrogen) atoms. The molecule has 0 fully saturated rings. The minimum atomic E-state index is -1.12. The topological polar surface area (TPSA) is 117 Å². The number of nitrogens with zero attached hydrogens (tertiary/aromatic N) is 3. The predicted octanol–water partition coefficient (Wildman–Crippen LogP) is 5.27. The van der Waals surface area contributed by atoms with Crippen LogP contribution in [-0.2, 0) is 0 Å². The average Bonchev–Trinajstić information content (AvgIpc) is 2.76. The molecule has 3 rings (SSSR count). The van der Waals surface area contributed by atoms with Crippen molar-refractivity contribution in [2.24, 2.45) is 5.41 Å². The number of halogens is 1. The molecule has 3 N–H and O–H groups in total. The number of carboxylic acid groups (broad SMARTS) is 1. The number of urea groups is 1. The zero-order valence-electron chi connectivity index (χ0n) is 20.4. The number of benzene rings is 2. The first-order valence-corrected chi connectivity index (χ1v) is 11.7. The van der Waals surface area contributed by atoms with Gasteiger partial charge in [-0.25, -0.2) is 14.6 Å². The number of nitrogens with one attached hydrogen (secondary N) is 2. The van der Waals surface area contributed by atoms with E-state index in [0.717, 1.165) is 0 Å².